The van der Waals surface area contributed by atoms with Crippen LogP contribution in [0.5, 0.6) is 0 Å². The lowest BCUT2D eigenvalue weighted by Gasteiger charge is -2.26. The first-order valence-corrected chi connectivity index (χ1v) is 11.7. The Morgan fingerprint density at radius 1 is 0.889 bits per heavy atom. The third kappa shape index (κ3) is 10.8. The molecule has 1 rings (SSSR count). The van der Waals surface area contributed by atoms with Crippen LogP contribution in [0.2, 0.25) is 0 Å². The van der Waals surface area contributed by atoms with Crippen LogP contribution in [0.4, 0.5) is 0 Å². The molecule has 0 radical (unpaired) electrons. The van der Waals surface area contributed by atoms with Crippen LogP contribution in [-0.4, -0.2) is 70.1 Å². The van der Waals surface area contributed by atoms with Crippen LogP contribution in [0.15, 0.2) is 30.3 Å². The van der Waals surface area contributed by atoms with Crippen LogP contribution < -0.4 is 27.4 Å². The zero-order valence-electron chi connectivity index (χ0n) is 20.8. The van der Waals surface area contributed by atoms with Crippen molar-refractivity contribution < 1.29 is 34.2 Å². The Hall–Kier alpha value is -3.51. The van der Waals surface area contributed by atoms with Crippen LogP contribution in [0.1, 0.15) is 45.6 Å². The number of carboxylic acid groups (broad SMARTS) is 1. The number of hydrogen-bond donors (Lipinski definition) is 7. The van der Waals surface area contributed by atoms with Crippen molar-refractivity contribution in [2.24, 2.45) is 17.4 Å². The molecule has 0 fully saturated rings. The van der Waals surface area contributed by atoms with E-state index >= 15 is 0 Å². The van der Waals surface area contributed by atoms with Gasteiger partial charge >= 0.3 is 5.97 Å². The second-order valence-corrected chi connectivity index (χ2v) is 9.12. The molecule has 4 amide bonds. The number of amides is 4. The number of carboxylic acids is 1. The minimum absolute atomic E-state index is 0.00482. The van der Waals surface area contributed by atoms with Gasteiger partial charge in [0, 0.05) is 12.8 Å². The van der Waals surface area contributed by atoms with Crippen molar-refractivity contribution >= 4 is 29.6 Å². The molecule has 0 aromatic heterocycles. The Bertz CT molecular complexity index is 907. The van der Waals surface area contributed by atoms with Gasteiger partial charge in [0.25, 0.3) is 0 Å². The van der Waals surface area contributed by atoms with Gasteiger partial charge in [-0.05, 0) is 31.2 Å². The number of aliphatic carboxylic acids is 1. The summed E-state index contributed by atoms with van der Waals surface area (Å²) in [7, 11) is 0. The van der Waals surface area contributed by atoms with E-state index in [2.05, 4.69) is 16.0 Å². The standard InChI is InChI=1S/C24H37N5O7/c1-13(2)11-17(23(34)29-20(14(3)30)24(35)36)28-22(33)18(12-15-7-5-4-6-8-15)27-21(32)16(25)9-10-19(26)31/h4-8,13-14,16-18,20,30H,9-12,25H2,1-3H3,(H2,26,31)(H,27,32)(H,28,33)(H,29,34)(H,35,36). The summed E-state index contributed by atoms with van der Waals surface area (Å²) >= 11 is 0. The number of rotatable bonds is 15. The summed E-state index contributed by atoms with van der Waals surface area (Å²) in [5.41, 5.74) is 11.7. The van der Waals surface area contributed by atoms with Crippen molar-refractivity contribution in [2.45, 2.75) is 76.7 Å². The molecule has 0 aliphatic carbocycles. The number of carbonyl (C=O) groups is 5. The number of benzene rings is 1. The Labute approximate surface area is 210 Å². The van der Waals surface area contributed by atoms with E-state index in [0.717, 1.165) is 5.56 Å². The second kappa shape index (κ2) is 14.8. The molecule has 0 bridgehead atoms. The van der Waals surface area contributed by atoms with Gasteiger partial charge in [0.15, 0.2) is 6.04 Å². The molecule has 200 valence electrons. The maximum Gasteiger partial charge on any atom is 0.328 e. The maximum atomic E-state index is 13.2. The first-order chi connectivity index (χ1) is 16.8. The van der Waals surface area contributed by atoms with Crippen molar-refractivity contribution in [1.29, 1.82) is 0 Å². The molecule has 1 aromatic rings. The van der Waals surface area contributed by atoms with E-state index in [0.29, 0.717) is 0 Å². The Morgan fingerprint density at radius 3 is 1.94 bits per heavy atom. The highest BCUT2D eigenvalue weighted by molar-refractivity contribution is 5.94. The Kier molecular flexibility index (Phi) is 12.5. The van der Waals surface area contributed by atoms with Crippen LogP contribution in [0, 0.1) is 5.92 Å². The molecule has 0 heterocycles. The second-order valence-electron chi connectivity index (χ2n) is 9.12. The van der Waals surface area contributed by atoms with Gasteiger partial charge in [0.05, 0.1) is 12.1 Å². The minimum Gasteiger partial charge on any atom is -0.480 e. The molecule has 0 aliphatic rings. The fraction of sp³-hybridized carbons (Fsp3) is 0.542. The van der Waals surface area contributed by atoms with E-state index in [9.17, 15) is 34.2 Å². The van der Waals surface area contributed by atoms with Crippen molar-refractivity contribution in [3.05, 3.63) is 35.9 Å². The number of nitrogens with two attached hydrogens (primary N) is 2. The van der Waals surface area contributed by atoms with Gasteiger partial charge < -0.3 is 37.6 Å². The average Bonchev–Trinajstić information content (AvgIpc) is 2.79. The monoisotopic (exact) mass is 507 g/mol. The van der Waals surface area contributed by atoms with Gasteiger partial charge in [0.1, 0.15) is 12.1 Å². The highest BCUT2D eigenvalue weighted by Crippen LogP contribution is 2.09. The van der Waals surface area contributed by atoms with E-state index in [-0.39, 0.29) is 31.6 Å². The summed E-state index contributed by atoms with van der Waals surface area (Å²) < 4.78 is 0. The lowest BCUT2D eigenvalue weighted by atomic mass is 10.00. The van der Waals surface area contributed by atoms with Gasteiger partial charge in [-0.15, -0.1) is 0 Å². The number of hydrogen-bond acceptors (Lipinski definition) is 7. The number of aliphatic hydroxyl groups is 1. The first-order valence-electron chi connectivity index (χ1n) is 11.7. The van der Waals surface area contributed by atoms with E-state index in [1.54, 1.807) is 30.3 Å². The molecule has 9 N–H and O–H groups in total. The maximum absolute atomic E-state index is 13.2. The van der Waals surface area contributed by atoms with Crippen molar-refractivity contribution in [3.8, 4) is 0 Å². The molecule has 0 aliphatic heterocycles. The van der Waals surface area contributed by atoms with Gasteiger partial charge in [-0.1, -0.05) is 44.2 Å². The van der Waals surface area contributed by atoms with Crippen LogP contribution >= 0.6 is 0 Å². The van der Waals surface area contributed by atoms with Gasteiger partial charge in [0.2, 0.25) is 23.6 Å². The molecule has 0 spiro atoms. The lowest BCUT2D eigenvalue weighted by Crippen LogP contribution is -2.58. The number of primary amides is 1. The summed E-state index contributed by atoms with van der Waals surface area (Å²) in [5.74, 6) is -4.23. The third-order valence-corrected chi connectivity index (χ3v) is 5.34. The van der Waals surface area contributed by atoms with E-state index < -0.39 is 59.9 Å². The highest BCUT2D eigenvalue weighted by atomic mass is 16.4. The zero-order valence-corrected chi connectivity index (χ0v) is 20.8. The number of aliphatic hydroxyl groups excluding tert-OH is 1. The molecule has 1 aromatic carbocycles. The molecular weight excluding hydrogens is 470 g/mol. The van der Waals surface area contributed by atoms with Crippen molar-refractivity contribution in [2.75, 3.05) is 0 Å². The summed E-state index contributed by atoms with van der Waals surface area (Å²) in [6, 6.07) is 3.96. The summed E-state index contributed by atoms with van der Waals surface area (Å²) in [6.45, 7) is 4.86. The van der Waals surface area contributed by atoms with E-state index in [4.69, 9.17) is 11.5 Å². The van der Waals surface area contributed by atoms with Gasteiger partial charge in [-0.3, -0.25) is 19.2 Å². The number of carbonyl (C=O) groups excluding carboxylic acids is 4. The van der Waals surface area contributed by atoms with Gasteiger partial charge in [-0.25, -0.2) is 4.79 Å². The third-order valence-electron chi connectivity index (χ3n) is 5.34. The van der Waals surface area contributed by atoms with Crippen LogP contribution in [0.25, 0.3) is 0 Å². The normalized spacial score (nSPS) is 15.2. The smallest absolute Gasteiger partial charge is 0.328 e. The Balaban J connectivity index is 3.09. The average molecular weight is 508 g/mol. The predicted molar refractivity (Wildman–Crippen MR) is 131 cm³/mol. The molecule has 12 heteroatoms. The quantitative estimate of drug-likeness (QED) is 0.152. The summed E-state index contributed by atoms with van der Waals surface area (Å²) in [5, 5.41) is 26.4. The summed E-state index contributed by atoms with van der Waals surface area (Å²) in [4.78, 5) is 61.1. The molecular formula is C24H37N5O7. The van der Waals surface area contributed by atoms with E-state index in [1.807, 2.05) is 13.8 Å². The Morgan fingerprint density at radius 2 is 1.44 bits per heavy atom. The molecule has 36 heavy (non-hydrogen) atoms. The van der Waals surface area contributed by atoms with Crippen LogP contribution in [-0.2, 0) is 30.4 Å². The molecule has 12 nitrogen and oxygen atoms in total. The summed E-state index contributed by atoms with van der Waals surface area (Å²) in [6.07, 6.45) is -1.21. The molecule has 5 unspecified atom stereocenters. The topological polar surface area (TPSA) is 214 Å². The lowest BCUT2D eigenvalue weighted by molar-refractivity contribution is -0.145. The predicted octanol–water partition coefficient (Wildman–Crippen LogP) is -1.21. The first kappa shape index (κ1) is 30.5. The van der Waals surface area contributed by atoms with Crippen LogP contribution in [0.3, 0.4) is 0 Å². The molecule has 0 saturated carbocycles. The highest BCUT2D eigenvalue weighted by Gasteiger charge is 2.32. The SMILES string of the molecule is CC(C)CC(NC(=O)C(Cc1ccccc1)NC(=O)C(N)CCC(N)=O)C(=O)NC(C(=O)O)C(C)O. The fourth-order valence-electron chi connectivity index (χ4n) is 3.38. The largest absolute Gasteiger partial charge is 0.480 e. The molecule has 0 saturated heterocycles. The van der Waals surface area contributed by atoms with Crippen molar-refractivity contribution in [3.63, 3.8) is 0 Å². The fourth-order valence-corrected chi connectivity index (χ4v) is 3.38. The zero-order chi connectivity index (χ0) is 27.4. The minimum atomic E-state index is -1.56. The van der Waals surface area contributed by atoms with Crippen molar-refractivity contribution in [1.82, 2.24) is 16.0 Å². The number of nitrogens with one attached hydrogen (secondary N) is 3. The molecule has 5 atom stereocenters. The van der Waals surface area contributed by atoms with E-state index in [1.165, 1.54) is 6.92 Å². The van der Waals surface area contributed by atoms with Gasteiger partial charge in [-0.2, -0.15) is 0 Å².